The largest absolute Gasteiger partial charge is 0.735 e. The van der Waals surface area contributed by atoms with Gasteiger partial charge in [-0.05, 0) is 12.8 Å². The lowest BCUT2D eigenvalue weighted by atomic mass is 10.8. The fraction of sp³-hybridized carbons (Fsp3) is 1.00. The SMILES string of the molecule is O=S(=O)([O-])NC1CC1. The Kier molecular flexibility index (Phi) is 1.26. The lowest BCUT2D eigenvalue weighted by Gasteiger charge is -2.05. The minimum Gasteiger partial charge on any atom is -0.735 e. The van der Waals surface area contributed by atoms with Gasteiger partial charge in [0.25, 0.3) is 0 Å². The second-order valence-electron chi connectivity index (χ2n) is 1.85. The molecule has 48 valence electrons. The number of hydrogen-bond acceptors (Lipinski definition) is 3. The third-order valence-corrected chi connectivity index (χ3v) is 1.51. The zero-order valence-electron chi connectivity index (χ0n) is 4.12. The van der Waals surface area contributed by atoms with E-state index in [1.165, 1.54) is 0 Å². The fourth-order valence-electron chi connectivity index (χ4n) is 0.405. The second kappa shape index (κ2) is 1.68. The first-order valence-corrected chi connectivity index (χ1v) is 3.72. The van der Waals surface area contributed by atoms with Crippen LogP contribution >= 0.6 is 0 Å². The molecule has 0 aromatic carbocycles. The lowest BCUT2D eigenvalue weighted by Crippen LogP contribution is -2.24. The van der Waals surface area contributed by atoms with Gasteiger partial charge in [0.2, 0.25) is 0 Å². The van der Waals surface area contributed by atoms with Crippen LogP contribution in [0, 0.1) is 0 Å². The van der Waals surface area contributed by atoms with Crippen molar-refractivity contribution in [2.24, 2.45) is 0 Å². The van der Waals surface area contributed by atoms with Crippen LogP contribution in [-0.2, 0) is 10.3 Å². The molecule has 0 radical (unpaired) electrons. The molecule has 0 unspecified atom stereocenters. The van der Waals surface area contributed by atoms with E-state index in [-0.39, 0.29) is 6.04 Å². The molecule has 4 nitrogen and oxygen atoms in total. The number of nitrogens with one attached hydrogen (secondary N) is 1. The first-order valence-electron chi connectivity index (χ1n) is 2.31. The van der Waals surface area contributed by atoms with Gasteiger partial charge in [-0.3, -0.25) is 0 Å². The quantitative estimate of drug-likeness (QED) is 0.505. The molecule has 1 saturated carbocycles. The summed E-state index contributed by atoms with van der Waals surface area (Å²) in [5, 5.41) is 0. The molecular weight excluding hydrogens is 130 g/mol. The van der Waals surface area contributed by atoms with Gasteiger partial charge in [-0.1, -0.05) is 0 Å². The van der Waals surface area contributed by atoms with Gasteiger partial charge >= 0.3 is 0 Å². The van der Waals surface area contributed by atoms with E-state index in [2.05, 4.69) is 0 Å². The molecule has 0 saturated heterocycles. The zero-order chi connectivity index (χ0) is 6.20. The van der Waals surface area contributed by atoms with Crippen LogP contribution in [0.15, 0.2) is 0 Å². The molecule has 5 heteroatoms. The van der Waals surface area contributed by atoms with Crippen LogP contribution in [0.5, 0.6) is 0 Å². The summed E-state index contributed by atoms with van der Waals surface area (Å²) in [7, 11) is -4.16. The molecule has 1 aliphatic rings. The molecule has 0 bridgehead atoms. The Morgan fingerprint density at radius 2 is 2.00 bits per heavy atom. The summed E-state index contributed by atoms with van der Waals surface area (Å²) in [6, 6.07) is -0.0579. The minimum absolute atomic E-state index is 0.0579. The van der Waals surface area contributed by atoms with Gasteiger partial charge in [0.1, 0.15) is 0 Å². The van der Waals surface area contributed by atoms with Gasteiger partial charge in [0.15, 0.2) is 10.3 Å². The number of hydrogen-bond donors (Lipinski definition) is 1. The summed E-state index contributed by atoms with van der Waals surface area (Å²) in [6.07, 6.45) is 1.61. The highest BCUT2D eigenvalue weighted by Gasteiger charge is 2.22. The van der Waals surface area contributed by atoms with Crippen LogP contribution in [0.4, 0.5) is 0 Å². The van der Waals surface area contributed by atoms with Crippen molar-refractivity contribution < 1.29 is 13.0 Å². The van der Waals surface area contributed by atoms with Crippen molar-refractivity contribution in [2.45, 2.75) is 18.9 Å². The van der Waals surface area contributed by atoms with Crippen LogP contribution in [0.25, 0.3) is 0 Å². The predicted octanol–water partition coefficient (Wildman–Crippen LogP) is -0.801. The Morgan fingerprint density at radius 3 is 2.12 bits per heavy atom. The molecule has 0 aromatic rings. The van der Waals surface area contributed by atoms with E-state index >= 15 is 0 Å². The molecule has 0 spiro atoms. The molecule has 0 aromatic heterocycles. The fourth-order valence-corrected chi connectivity index (χ4v) is 1.05. The van der Waals surface area contributed by atoms with Crippen LogP contribution in [0.1, 0.15) is 12.8 Å². The van der Waals surface area contributed by atoms with Gasteiger partial charge in [0, 0.05) is 6.04 Å². The van der Waals surface area contributed by atoms with Gasteiger partial charge in [-0.15, -0.1) is 0 Å². The van der Waals surface area contributed by atoms with Crippen molar-refractivity contribution in [3.05, 3.63) is 0 Å². The molecule has 1 N–H and O–H groups in total. The van der Waals surface area contributed by atoms with Gasteiger partial charge in [-0.2, -0.15) is 0 Å². The van der Waals surface area contributed by atoms with Gasteiger partial charge in [0.05, 0.1) is 0 Å². The summed E-state index contributed by atoms with van der Waals surface area (Å²) < 4.78 is 31.4. The average Bonchev–Trinajstić information content (AvgIpc) is 2.12. The molecule has 0 aliphatic heterocycles. The van der Waals surface area contributed by atoms with Crippen molar-refractivity contribution >= 4 is 10.3 Å². The monoisotopic (exact) mass is 136 g/mol. The highest BCUT2D eigenvalue weighted by atomic mass is 32.2. The standard InChI is InChI=1S/C3H7NO3S/c5-8(6,7)4-3-1-2-3/h3-4H,1-2H2,(H,5,6,7)/p-1. The van der Waals surface area contributed by atoms with Crippen molar-refractivity contribution in [1.29, 1.82) is 0 Å². The van der Waals surface area contributed by atoms with Crippen molar-refractivity contribution in [3.63, 3.8) is 0 Å². The molecule has 1 fully saturated rings. The predicted molar refractivity (Wildman–Crippen MR) is 25.9 cm³/mol. The summed E-state index contributed by atoms with van der Waals surface area (Å²) in [6.45, 7) is 0. The zero-order valence-corrected chi connectivity index (χ0v) is 4.94. The second-order valence-corrected chi connectivity index (χ2v) is 2.99. The Morgan fingerprint density at radius 1 is 1.50 bits per heavy atom. The summed E-state index contributed by atoms with van der Waals surface area (Å²) in [5.41, 5.74) is 0. The number of rotatable bonds is 2. The van der Waals surface area contributed by atoms with E-state index in [1.54, 1.807) is 0 Å². The Bertz CT molecular complexity index is 169. The van der Waals surface area contributed by atoms with E-state index in [1.807, 2.05) is 4.72 Å². The van der Waals surface area contributed by atoms with E-state index in [4.69, 9.17) is 0 Å². The van der Waals surface area contributed by atoms with E-state index in [0.717, 1.165) is 12.8 Å². The smallest absolute Gasteiger partial charge is 0.159 e. The van der Waals surface area contributed by atoms with Crippen LogP contribution in [0.2, 0.25) is 0 Å². The third-order valence-electron chi connectivity index (χ3n) is 0.888. The topological polar surface area (TPSA) is 69.2 Å². The van der Waals surface area contributed by atoms with Gasteiger partial charge < -0.3 is 4.55 Å². The summed E-state index contributed by atoms with van der Waals surface area (Å²) >= 11 is 0. The van der Waals surface area contributed by atoms with Crippen molar-refractivity contribution in [3.8, 4) is 0 Å². The molecule has 1 rings (SSSR count). The Balaban J connectivity index is 2.38. The van der Waals surface area contributed by atoms with Crippen LogP contribution in [-0.4, -0.2) is 19.0 Å². The average molecular weight is 136 g/mol. The van der Waals surface area contributed by atoms with Crippen LogP contribution < -0.4 is 4.72 Å². The molecule has 8 heavy (non-hydrogen) atoms. The maximum absolute atomic E-state index is 9.82. The Hall–Kier alpha value is -0.130. The van der Waals surface area contributed by atoms with E-state index < -0.39 is 10.3 Å². The van der Waals surface area contributed by atoms with Gasteiger partial charge in [-0.25, -0.2) is 13.1 Å². The summed E-state index contributed by atoms with van der Waals surface area (Å²) in [5.74, 6) is 0. The normalized spacial score (nSPS) is 21.1. The molecule has 1 aliphatic carbocycles. The lowest BCUT2D eigenvalue weighted by molar-refractivity contribution is 0.448. The van der Waals surface area contributed by atoms with E-state index in [0.29, 0.717) is 0 Å². The van der Waals surface area contributed by atoms with E-state index in [9.17, 15) is 13.0 Å². The highest BCUT2D eigenvalue weighted by Crippen LogP contribution is 2.18. The molecule has 0 atom stereocenters. The first-order chi connectivity index (χ1) is 3.58. The van der Waals surface area contributed by atoms with Crippen molar-refractivity contribution in [2.75, 3.05) is 0 Å². The first kappa shape index (κ1) is 6.00. The maximum Gasteiger partial charge on any atom is 0.159 e. The van der Waals surface area contributed by atoms with Crippen molar-refractivity contribution in [1.82, 2.24) is 4.72 Å². The molecule has 0 heterocycles. The Labute approximate surface area is 47.8 Å². The summed E-state index contributed by atoms with van der Waals surface area (Å²) in [4.78, 5) is 0. The third kappa shape index (κ3) is 2.25. The van der Waals surface area contributed by atoms with Crippen LogP contribution in [0.3, 0.4) is 0 Å². The minimum atomic E-state index is -4.16. The molecular formula is C3H6NO3S-. The molecule has 0 amide bonds. The maximum atomic E-state index is 9.82. The highest BCUT2D eigenvalue weighted by molar-refractivity contribution is 7.83.